The van der Waals surface area contributed by atoms with Crippen LogP contribution in [-0.4, -0.2) is 30.1 Å². The van der Waals surface area contributed by atoms with Gasteiger partial charge in [0.2, 0.25) is 5.91 Å². The summed E-state index contributed by atoms with van der Waals surface area (Å²) in [5.74, 6) is -0.656. The van der Waals surface area contributed by atoms with Crippen molar-refractivity contribution < 1.29 is 27.2 Å². The maximum atomic E-state index is 13.0. The number of hydrogen-bond acceptors (Lipinski definition) is 3. The molecular weight excluding hydrogens is 325 g/mol. The van der Waals surface area contributed by atoms with Gasteiger partial charge in [0.1, 0.15) is 11.2 Å². The lowest BCUT2D eigenvalue weighted by atomic mass is 10.0. The minimum Gasteiger partial charge on any atom is -0.456 e. The first-order valence-corrected chi connectivity index (χ1v) is 7.98. The van der Waals surface area contributed by atoms with Gasteiger partial charge >= 0.3 is 6.18 Å². The largest absolute Gasteiger partial charge is 0.456 e. The summed E-state index contributed by atoms with van der Waals surface area (Å²) in [6, 6.07) is 2.31. The lowest BCUT2D eigenvalue weighted by Crippen LogP contribution is -2.52. The Morgan fingerprint density at radius 2 is 1.79 bits per heavy atom. The number of furan rings is 1. The van der Waals surface area contributed by atoms with Crippen LogP contribution in [0.15, 0.2) is 16.5 Å². The Labute approximate surface area is 137 Å². The molecule has 2 fully saturated rings. The third-order valence-electron chi connectivity index (χ3n) is 4.84. The highest BCUT2D eigenvalue weighted by molar-refractivity contribution is 5.92. The summed E-state index contributed by atoms with van der Waals surface area (Å²) in [6.07, 6.45) is -2.99. The summed E-state index contributed by atoms with van der Waals surface area (Å²) in [5.41, 5.74) is -2.23. The van der Waals surface area contributed by atoms with Gasteiger partial charge in [-0.05, 0) is 51.2 Å². The molecule has 0 saturated heterocycles. The van der Waals surface area contributed by atoms with Gasteiger partial charge in [-0.2, -0.15) is 13.2 Å². The van der Waals surface area contributed by atoms with Gasteiger partial charge in [0.05, 0.1) is 0 Å². The Bertz CT molecular complexity index is 649. The predicted octanol–water partition coefficient (Wildman–Crippen LogP) is 2.70. The molecule has 24 heavy (non-hydrogen) atoms. The summed E-state index contributed by atoms with van der Waals surface area (Å²) in [6.45, 7) is 1.71. The van der Waals surface area contributed by atoms with Crippen LogP contribution in [0.5, 0.6) is 0 Å². The molecule has 0 radical (unpaired) electrons. The van der Waals surface area contributed by atoms with E-state index in [1.54, 1.807) is 13.0 Å². The van der Waals surface area contributed by atoms with Crippen molar-refractivity contribution in [3.63, 3.8) is 0 Å². The molecule has 2 saturated carbocycles. The van der Waals surface area contributed by atoms with Crippen LogP contribution in [0.25, 0.3) is 0 Å². The lowest BCUT2D eigenvalue weighted by molar-refractivity contribution is -0.192. The first-order valence-electron chi connectivity index (χ1n) is 7.98. The highest BCUT2D eigenvalue weighted by Crippen LogP contribution is 2.57. The molecule has 2 atom stereocenters. The molecule has 2 aliphatic rings. The molecular formula is C16H19F3N2O3. The topological polar surface area (TPSA) is 71.3 Å². The molecule has 0 unspecified atom stereocenters. The number of halogens is 3. The third kappa shape index (κ3) is 3.01. The van der Waals surface area contributed by atoms with Gasteiger partial charge in [0, 0.05) is 12.1 Å². The molecule has 2 aliphatic carbocycles. The molecule has 0 aromatic carbocycles. The molecule has 132 valence electrons. The van der Waals surface area contributed by atoms with E-state index in [1.165, 1.54) is 6.07 Å². The molecule has 2 amide bonds. The van der Waals surface area contributed by atoms with Crippen LogP contribution in [0, 0.1) is 12.3 Å². The SMILES string of the molecule is Cc1ccc(C(=O)N[C@@H]2CCC[C@H]2NC(=O)C2(C(F)(F)F)CC2)o1. The van der Waals surface area contributed by atoms with E-state index >= 15 is 0 Å². The summed E-state index contributed by atoms with van der Waals surface area (Å²) < 4.78 is 44.3. The van der Waals surface area contributed by atoms with Crippen LogP contribution in [0.1, 0.15) is 48.4 Å². The first-order chi connectivity index (χ1) is 11.2. The van der Waals surface area contributed by atoms with E-state index in [-0.39, 0.29) is 18.6 Å². The average Bonchev–Trinajstić information content (AvgIpc) is 3.06. The minimum atomic E-state index is -4.53. The van der Waals surface area contributed by atoms with Crippen molar-refractivity contribution in [1.29, 1.82) is 0 Å². The first kappa shape index (κ1) is 16.9. The smallest absolute Gasteiger partial charge is 0.403 e. The molecule has 5 nitrogen and oxygen atoms in total. The molecule has 0 aliphatic heterocycles. The summed E-state index contributed by atoms with van der Waals surface area (Å²) in [7, 11) is 0. The molecule has 0 spiro atoms. The summed E-state index contributed by atoms with van der Waals surface area (Å²) in [4.78, 5) is 24.2. The van der Waals surface area contributed by atoms with Gasteiger partial charge in [-0.3, -0.25) is 9.59 Å². The second-order valence-corrected chi connectivity index (χ2v) is 6.58. The van der Waals surface area contributed by atoms with E-state index in [4.69, 9.17) is 4.42 Å². The van der Waals surface area contributed by atoms with E-state index < -0.39 is 35.5 Å². The van der Waals surface area contributed by atoms with Crippen molar-refractivity contribution in [3.05, 3.63) is 23.7 Å². The number of rotatable bonds is 4. The Hall–Kier alpha value is -1.99. The Morgan fingerprint density at radius 1 is 1.17 bits per heavy atom. The van der Waals surface area contributed by atoms with E-state index in [0.29, 0.717) is 18.6 Å². The van der Waals surface area contributed by atoms with Crippen LogP contribution in [0.4, 0.5) is 13.2 Å². The fourth-order valence-electron chi connectivity index (χ4n) is 3.17. The van der Waals surface area contributed by atoms with Gasteiger partial charge in [-0.1, -0.05) is 0 Å². The van der Waals surface area contributed by atoms with E-state index in [9.17, 15) is 22.8 Å². The second-order valence-electron chi connectivity index (χ2n) is 6.58. The molecule has 1 heterocycles. The summed E-state index contributed by atoms with van der Waals surface area (Å²) in [5, 5.41) is 5.24. The van der Waals surface area contributed by atoms with Crippen molar-refractivity contribution in [2.45, 2.75) is 57.3 Å². The lowest BCUT2D eigenvalue weighted by Gasteiger charge is -2.25. The molecule has 3 rings (SSSR count). The molecule has 1 aromatic heterocycles. The Morgan fingerprint density at radius 3 is 2.29 bits per heavy atom. The van der Waals surface area contributed by atoms with Gasteiger partial charge in [0.25, 0.3) is 5.91 Å². The summed E-state index contributed by atoms with van der Waals surface area (Å²) >= 11 is 0. The maximum absolute atomic E-state index is 13.0. The van der Waals surface area contributed by atoms with Crippen LogP contribution in [0.2, 0.25) is 0 Å². The fourth-order valence-corrected chi connectivity index (χ4v) is 3.17. The van der Waals surface area contributed by atoms with Crippen LogP contribution in [-0.2, 0) is 4.79 Å². The van der Waals surface area contributed by atoms with Gasteiger partial charge in [0.15, 0.2) is 5.76 Å². The number of nitrogens with one attached hydrogen (secondary N) is 2. The van der Waals surface area contributed by atoms with Crippen LogP contribution in [0.3, 0.4) is 0 Å². The average molecular weight is 344 g/mol. The second kappa shape index (κ2) is 5.82. The third-order valence-corrected chi connectivity index (χ3v) is 4.84. The zero-order valence-electron chi connectivity index (χ0n) is 13.2. The van der Waals surface area contributed by atoms with Gasteiger partial charge in [-0.25, -0.2) is 0 Å². The monoisotopic (exact) mass is 344 g/mol. The Balaban J connectivity index is 1.62. The number of carbonyl (C=O) groups is 2. The molecule has 1 aromatic rings. The number of carbonyl (C=O) groups excluding carboxylic acids is 2. The van der Waals surface area contributed by atoms with Gasteiger partial charge in [-0.15, -0.1) is 0 Å². The number of hydrogen-bond donors (Lipinski definition) is 2. The minimum absolute atomic E-state index is 0.151. The van der Waals surface area contributed by atoms with Crippen molar-refractivity contribution in [2.75, 3.05) is 0 Å². The predicted molar refractivity (Wildman–Crippen MR) is 78.2 cm³/mol. The zero-order chi connectivity index (χ0) is 17.5. The molecule has 8 heteroatoms. The molecule has 2 N–H and O–H groups in total. The van der Waals surface area contributed by atoms with Gasteiger partial charge < -0.3 is 15.1 Å². The van der Waals surface area contributed by atoms with Crippen molar-refractivity contribution >= 4 is 11.8 Å². The van der Waals surface area contributed by atoms with E-state index in [0.717, 1.165) is 6.42 Å². The van der Waals surface area contributed by atoms with Crippen molar-refractivity contribution in [2.24, 2.45) is 5.41 Å². The highest BCUT2D eigenvalue weighted by atomic mass is 19.4. The van der Waals surface area contributed by atoms with Crippen molar-refractivity contribution in [1.82, 2.24) is 10.6 Å². The quantitative estimate of drug-likeness (QED) is 0.882. The maximum Gasteiger partial charge on any atom is 0.403 e. The highest BCUT2D eigenvalue weighted by Gasteiger charge is 2.68. The van der Waals surface area contributed by atoms with Crippen LogP contribution < -0.4 is 10.6 Å². The van der Waals surface area contributed by atoms with Crippen molar-refractivity contribution in [3.8, 4) is 0 Å². The number of alkyl halides is 3. The van der Waals surface area contributed by atoms with E-state index in [2.05, 4.69) is 10.6 Å². The number of aryl methyl sites for hydroxylation is 1. The number of amides is 2. The zero-order valence-corrected chi connectivity index (χ0v) is 13.2. The molecule has 0 bridgehead atoms. The van der Waals surface area contributed by atoms with E-state index in [1.807, 2.05) is 0 Å². The normalized spacial score (nSPS) is 25.3. The van der Waals surface area contributed by atoms with Crippen LogP contribution >= 0.6 is 0 Å². The fraction of sp³-hybridized carbons (Fsp3) is 0.625. The Kier molecular flexibility index (Phi) is 4.09. The standard InChI is InChI=1S/C16H19F3N2O3/c1-9-5-6-12(24-9)13(22)20-10-3-2-4-11(10)21-14(23)15(7-8-15)16(17,18)19/h5-6,10-11H,2-4,7-8H2,1H3,(H,20,22)(H,21,23)/t10-,11-/m1/s1.